The summed E-state index contributed by atoms with van der Waals surface area (Å²) >= 11 is 0. The van der Waals surface area contributed by atoms with Crippen LogP contribution in [0.2, 0.25) is 0 Å². The predicted molar refractivity (Wildman–Crippen MR) is 78.1 cm³/mol. The fourth-order valence-electron chi connectivity index (χ4n) is 1.85. The molecule has 1 aromatic heterocycles. The number of nitrogens with two attached hydrogens (primary N) is 1. The lowest BCUT2D eigenvalue weighted by Gasteiger charge is -2.11. The Kier molecular flexibility index (Phi) is 4.47. The minimum absolute atomic E-state index is 0.159. The Morgan fingerprint density at radius 1 is 1.40 bits per heavy atom. The fourth-order valence-corrected chi connectivity index (χ4v) is 1.85. The van der Waals surface area contributed by atoms with Crippen molar-refractivity contribution in [3.8, 4) is 11.4 Å². The number of aryl methyl sites for hydroxylation is 1. The minimum atomic E-state index is -0.463. The van der Waals surface area contributed by atoms with Crippen LogP contribution in [0.4, 0.5) is 5.69 Å². The van der Waals surface area contributed by atoms with Crippen molar-refractivity contribution in [3.63, 3.8) is 0 Å². The van der Waals surface area contributed by atoms with Crippen molar-refractivity contribution >= 4 is 11.6 Å². The molecule has 0 saturated carbocycles. The first-order valence-electron chi connectivity index (χ1n) is 6.66. The summed E-state index contributed by atoms with van der Waals surface area (Å²) in [6.45, 7) is 3.85. The number of carbonyl (C=O) groups is 1. The molecule has 0 spiro atoms. The number of nitrogens with zero attached hydrogens (tertiary/aromatic N) is 2. The molecule has 0 radical (unpaired) electrons. The number of amides is 1. The van der Waals surface area contributed by atoms with Crippen LogP contribution in [0, 0.1) is 6.92 Å². The number of anilines is 1. The number of hydrogen-bond acceptors (Lipinski definition) is 4. The normalized spacial score (nSPS) is 12.2. The summed E-state index contributed by atoms with van der Waals surface area (Å²) in [5, 5.41) is 9.68. The summed E-state index contributed by atoms with van der Waals surface area (Å²) in [7, 11) is 0. The van der Waals surface area contributed by atoms with Crippen LogP contribution >= 0.6 is 0 Å². The van der Waals surface area contributed by atoms with Crippen LogP contribution in [0.3, 0.4) is 0 Å². The summed E-state index contributed by atoms with van der Waals surface area (Å²) < 4.78 is 0. The highest BCUT2D eigenvalue weighted by atomic mass is 16.2. The molecule has 1 aromatic carbocycles. The van der Waals surface area contributed by atoms with Crippen molar-refractivity contribution < 1.29 is 4.79 Å². The van der Waals surface area contributed by atoms with Crippen LogP contribution in [-0.2, 0) is 4.79 Å². The lowest BCUT2D eigenvalue weighted by molar-refractivity contribution is -0.117. The standard InChI is InChI=1S/C14H19N5O/c1-3-4-12(15)14(20)17-11-7-5-10(6-8-11)13-16-9(2)18-19-13/h5-8,12H,3-4,15H2,1-2H3,(H,17,20)(H,16,18,19). The molecule has 0 aliphatic rings. The predicted octanol–water partition coefficient (Wildman–Crippen LogP) is 1.85. The number of carbonyl (C=O) groups excluding carboxylic acids is 1. The Bertz CT molecular complexity index is 576. The second kappa shape index (κ2) is 6.29. The molecule has 1 amide bonds. The van der Waals surface area contributed by atoms with Crippen LogP contribution in [0.1, 0.15) is 25.6 Å². The average Bonchev–Trinajstić information content (AvgIpc) is 2.86. The average molecular weight is 273 g/mol. The van der Waals surface area contributed by atoms with Gasteiger partial charge in [0.2, 0.25) is 5.91 Å². The van der Waals surface area contributed by atoms with Gasteiger partial charge in [-0.25, -0.2) is 4.98 Å². The molecule has 0 bridgehead atoms. The van der Waals surface area contributed by atoms with Crippen molar-refractivity contribution in [1.82, 2.24) is 15.2 Å². The van der Waals surface area contributed by atoms with E-state index < -0.39 is 6.04 Å². The zero-order valence-electron chi connectivity index (χ0n) is 11.7. The van der Waals surface area contributed by atoms with Gasteiger partial charge in [0.05, 0.1) is 6.04 Å². The van der Waals surface area contributed by atoms with Crippen LogP contribution in [0.25, 0.3) is 11.4 Å². The van der Waals surface area contributed by atoms with Gasteiger partial charge in [-0.2, -0.15) is 5.10 Å². The molecule has 1 atom stereocenters. The Morgan fingerprint density at radius 2 is 2.10 bits per heavy atom. The van der Waals surface area contributed by atoms with Crippen molar-refractivity contribution in [2.75, 3.05) is 5.32 Å². The first-order valence-corrected chi connectivity index (χ1v) is 6.66. The van der Waals surface area contributed by atoms with Gasteiger partial charge >= 0.3 is 0 Å². The van der Waals surface area contributed by atoms with Gasteiger partial charge in [-0.1, -0.05) is 13.3 Å². The maximum atomic E-state index is 11.8. The first-order chi connectivity index (χ1) is 9.60. The van der Waals surface area contributed by atoms with Gasteiger partial charge in [0.25, 0.3) is 0 Å². The highest BCUT2D eigenvalue weighted by Crippen LogP contribution is 2.18. The van der Waals surface area contributed by atoms with Gasteiger partial charge in [0, 0.05) is 11.3 Å². The van der Waals surface area contributed by atoms with Crippen LogP contribution in [0.5, 0.6) is 0 Å². The highest BCUT2D eigenvalue weighted by molar-refractivity contribution is 5.94. The number of benzene rings is 1. The highest BCUT2D eigenvalue weighted by Gasteiger charge is 2.12. The summed E-state index contributed by atoms with van der Waals surface area (Å²) in [6.07, 6.45) is 1.57. The molecular formula is C14H19N5O. The monoisotopic (exact) mass is 273 g/mol. The lowest BCUT2D eigenvalue weighted by atomic mass is 10.1. The van der Waals surface area contributed by atoms with E-state index in [0.29, 0.717) is 12.2 Å². The number of rotatable bonds is 5. The number of H-pyrrole nitrogens is 1. The Labute approximate surface area is 117 Å². The third-order valence-electron chi connectivity index (χ3n) is 2.94. The van der Waals surface area contributed by atoms with E-state index in [1.54, 1.807) is 0 Å². The molecule has 106 valence electrons. The Morgan fingerprint density at radius 3 is 2.65 bits per heavy atom. The van der Waals surface area contributed by atoms with Crippen molar-refractivity contribution in [1.29, 1.82) is 0 Å². The molecule has 1 heterocycles. The Hall–Kier alpha value is -2.21. The van der Waals surface area contributed by atoms with Gasteiger partial charge in [0.15, 0.2) is 5.82 Å². The smallest absolute Gasteiger partial charge is 0.241 e. The second-order valence-electron chi connectivity index (χ2n) is 4.71. The maximum Gasteiger partial charge on any atom is 0.241 e. The molecule has 0 aliphatic carbocycles. The van der Waals surface area contributed by atoms with E-state index in [0.717, 1.165) is 23.5 Å². The van der Waals surface area contributed by atoms with Crippen molar-refractivity contribution in [3.05, 3.63) is 30.1 Å². The molecule has 2 rings (SSSR count). The molecule has 2 aromatic rings. The molecule has 20 heavy (non-hydrogen) atoms. The van der Waals surface area contributed by atoms with Gasteiger partial charge < -0.3 is 11.1 Å². The van der Waals surface area contributed by atoms with Crippen molar-refractivity contribution in [2.24, 2.45) is 5.73 Å². The summed E-state index contributed by atoms with van der Waals surface area (Å²) in [5.41, 5.74) is 7.38. The molecule has 0 saturated heterocycles. The van der Waals surface area contributed by atoms with E-state index in [1.165, 1.54) is 0 Å². The SMILES string of the molecule is CCCC(N)C(=O)Nc1ccc(-c2n[nH]c(C)n2)cc1. The largest absolute Gasteiger partial charge is 0.325 e. The molecular weight excluding hydrogens is 254 g/mol. The number of aromatic amines is 1. The molecule has 1 unspecified atom stereocenters. The molecule has 6 nitrogen and oxygen atoms in total. The fraction of sp³-hybridized carbons (Fsp3) is 0.357. The third-order valence-corrected chi connectivity index (χ3v) is 2.94. The van der Waals surface area contributed by atoms with Gasteiger partial charge in [-0.05, 0) is 37.6 Å². The Balaban J connectivity index is 2.03. The van der Waals surface area contributed by atoms with E-state index in [2.05, 4.69) is 20.5 Å². The molecule has 4 N–H and O–H groups in total. The topological polar surface area (TPSA) is 96.7 Å². The number of nitrogens with one attached hydrogen (secondary N) is 2. The zero-order chi connectivity index (χ0) is 14.5. The maximum absolute atomic E-state index is 11.8. The first kappa shape index (κ1) is 14.2. The second-order valence-corrected chi connectivity index (χ2v) is 4.71. The van der Waals surface area contributed by atoms with Crippen LogP contribution < -0.4 is 11.1 Å². The summed E-state index contributed by atoms with van der Waals surface area (Å²) in [5.74, 6) is 1.25. The van der Waals surface area contributed by atoms with Gasteiger partial charge in [0.1, 0.15) is 5.82 Å². The lowest BCUT2D eigenvalue weighted by Crippen LogP contribution is -2.35. The van der Waals surface area contributed by atoms with Gasteiger partial charge in [-0.3, -0.25) is 9.89 Å². The number of hydrogen-bond donors (Lipinski definition) is 3. The molecule has 0 aliphatic heterocycles. The summed E-state index contributed by atoms with van der Waals surface area (Å²) in [6, 6.07) is 6.90. The van der Waals surface area contributed by atoms with E-state index in [4.69, 9.17) is 5.73 Å². The van der Waals surface area contributed by atoms with Crippen LogP contribution in [0.15, 0.2) is 24.3 Å². The molecule has 6 heteroatoms. The van der Waals surface area contributed by atoms with E-state index in [9.17, 15) is 4.79 Å². The van der Waals surface area contributed by atoms with Gasteiger partial charge in [-0.15, -0.1) is 0 Å². The molecule has 0 fully saturated rings. The van der Waals surface area contributed by atoms with E-state index >= 15 is 0 Å². The van der Waals surface area contributed by atoms with Crippen LogP contribution in [-0.4, -0.2) is 27.1 Å². The number of aromatic nitrogens is 3. The minimum Gasteiger partial charge on any atom is -0.325 e. The van der Waals surface area contributed by atoms with E-state index in [-0.39, 0.29) is 5.91 Å². The van der Waals surface area contributed by atoms with E-state index in [1.807, 2.05) is 38.1 Å². The van der Waals surface area contributed by atoms with Crippen molar-refractivity contribution in [2.45, 2.75) is 32.7 Å². The quantitative estimate of drug-likeness (QED) is 0.774. The zero-order valence-corrected chi connectivity index (χ0v) is 11.7. The summed E-state index contributed by atoms with van der Waals surface area (Å²) in [4.78, 5) is 16.0. The third kappa shape index (κ3) is 3.42.